The van der Waals surface area contributed by atoms with Crippen LogP contribution in [0, 0.1) is 0 Å². The van der Waals surface area contributed by atoms with E-state index in [4.69, 9.17) is 11.6 Å². The molecule has 0 amide bonds. The van der Waals surface area contributed by atoms with E-state index in [2.05, 4.69) is 0 Å². The van der Waals surface area contributed by atoms with Crippen molar-refractivity contribution in [2.45, 2.75) is 25.3 Å². The van der Waals surface area contributed by atoms with E-state index < -0.39 is 28.5 Å². The molecular weight excluding hydrogens is 368 g/mol. The van der Waals surface area contributed by atoms with Crippen LogP contribution in [-0.2, 0) is 25.3 Å². The number of fused-ring (bicyclic) bond motifs is 1. The van der Waals surface area contributed by atoms with E-state index in [-0.39, 0.29) is 25.1 Å². The van der Waals surface area contributed by atoms with Gasteiger partial charge >= 0.3 is 12.4 Å². The molecule has 1 aliphatic rings. The average Bonchev–Trinajstić information content (AvgIpc) is 2.51. The van der Waals surface area contributed by atoms with Crippen LogP contribution in [0.15, 0.2) is 36.4 Å². The fraction of sp³-hybridized carbons (Fsp3) is 0.294. The summed E-state index contributed by atoms with van der Waals surface area (Å²) in [6.07, 6.45) is -8.82. The van der Waals surface area contributed by atoms with Gasteiger partial charge in [-0.15, -0.1) is 0 Å². The number of hydrogen-bond acceptors (Lipinski definition) is 1. The maximum absolute atomic E-state index is 13.1. The monoisotopic (exact) mass is 379 g/mol. The van der Waals surface area contributed by atoms with Crippen LogP contribution in [0.1, 0.15) is 22.3 Å². The minimum atomic E-state index is -4.55. The Kier molecular flexibility index (Phi) is 4.39. The van der Waals surface area contributed by atoms with Gasteiger partial charge in [-0.3, -0.25) is 0 Å². The van der Waals surface area contributed by atoms with E-state index in [0.717, 1.165) is 12.1 Å². The van der Waals surface area contributed by atoms with E-state index in [1.807, 2.05) is 0 Å². The lowest BCUT2D eigenvalue weighted by Gasteiger charge is -2.32. The Hall–Kier alpha value is -1.89. The molecule has 0 spiro atoms. The summed E-state index contributed by atoms with van der Waals surface area (Å²) < 4.78 is 77.5. The van der Waals surface area contributed by atoms with Crippen molar-refractivity contribution >= 4 is 17.3 Å². The molecule has 0 atom stereocenters. The summed E-state index contributed by atoms with van der Waals surface area (Å²) in [7, 11) is 0. The largest absolute Gasteiger partial charge is 0.417 e. The summed E-state index contributed by atoms with van der Waals surface area (Å²) in [5, 5.41) is -0.431. The molecule has 0 aliphatic carbocycles. The zero-order valence-corrected chi connectivity index (χ0v) is 13.4. The van der Waals surface area contributed by atoms with Crippen molar-refractivity contribution < 1.29 is 26.3 Å². The third-order valence-electron chi connectivity index (χ3n) is 4.19. The van der Waals surface area contributed by atoms with Crippen LogP contribution < -0.4 is 4.90 Å². The fourth-order valence-electron chi connectivity index (χ4n) is 3.03. The molecule has 1 nitrogen and oxygen atoms in total. The first-order chi connectivity index (χ1) is 11.6. The van der Waals surface area contributed by atoms with Gasteiger partial charge in [0, 0.05) is 18.8 Å². The second-order valence-electron chi connectivity index (χ2n) is 5.77. The Balaban J connectivity index is 1.90. The van der Waals surface area contributed by atoms with Crippen molar-refractivity contribution in [2.24, 2.45) is 0 Å². The highest BCUT2D eigenvalue weighted by atomic mass is 35.5. The van der Waals surface area contributed by atoms with Gasteiger partial charge in [-0.1, -0.05) is 23.7 Å². The second-order valence-corrected chi connectivity index (χ2v) is 6.18. The third kappa shape index (κ3) is 3.56. The second kappa shape index (κ2) is 6.12. The van der Waals surface area contributed by atoms with Crippen molar-refractivity contribution in [1.29, 1.82) is 0 Å². The molecule has 3 rings (SSSR count). The van der Waals surface area contributed by atoms with Gasteiger partial charge in [-0.05, 0) is 41.8 Å². The van der Waals surface area contributed by atoms with Crippen LogP contribution in [-0.4, -0.2) is 6.54 Å². The molecular formula is C17H12ClF6N. The summed E-state index contributed by atoms with van der Waals surface area (Å²) in [5.74, 6) is 0. The standard InChI is InChI=1S/C17H12ClF6N/c18-15-8-11(4-5-14(15)17(22,23)24)25-7-6-12-10(9-25)2-1-3-13(12)16(19,20)21/h1-5,8H,6-7,9H2. The molecule has 1 aliphatic heterocycles. The molecule has 1 heterocycles. The summed E-state index contributed by atoms with van der Waals surface area (Å²) in [6.45, 7) is 0.447. The molecule has 0 bridgehead atoms. The van der Waals surface area contributed by atoms with Gasteiger partial charge in [0.15, 0.2) is 0 Å². The molecule has 0 radical (unpaired) electrons. The molecule has 0 aromatic heterocycles. The quantitative estimate of drug-likeness (QED) is 0.554. The molecule has 0 fully saturated rings. The smallest absolute Gasteiger partial charge is 0.367 e. The molecule has 25 heavy (non-hydrogen) atoms. The number of halogens is 7. The highest BCUT2D eigenvalue weighted by Gasteiger charge is 2.36. The highest BCUT2D eigenvalue weighted by molar-refractivity contribution is 6.31. The van der Waals surface area contributed by atoms with Crippen molar-refractivity contribution in [1.82, 2.24) is 0 Å². The van der Waals surface area contributed by atoms with E-state index >= 15 is 0 Å². The van der Waals surface area contributed by atoms with Crippen molar-refractivity contribution in [3.8, 4) is 0 Å². The van der Waals surface area contributed by atoms with Gasteiger partial charge in [-0.2, -0.15) is 26.3 Å². The van der Waals surface area contributed by atoms with Gasteiger partial charge in [-0.25, -0.2) is 0 Å². The lowest BCUT2D eigenvalue weighted by molar-refractivity contribution is -0.138. The van der Waals surface area contributed by atoms with Crippen molar-refractivity contribution in [3.63, 3.8) is 0 Å². The Morgan fingerprint density at radius 2 is 1.56 bits per heavy atom. The lowest BCUT2D eigenvalue weighted by Crippen LogP contribution is -2.32. The van der Waals surface area contributed by atoms with Gasteiger partial charge in [0.1, 0.15) is 0 Å². The van der Waals surface area contributed by atoms with E-state index in [1.54, 1.807) is 11.0 Å². The summed E-state index contributed by atoms with van der Waals surface area (Å²) in [4.78, 5) is 1.72. The van der Waals surface area contributed by atoms with Gasteiger partial charge in [0.2, 0.25) is 0 Å². The molecule has 134 valence electrons. The molecule has 0 unspecified atom stereocenters. The maximum atomic E-state index is 13.1. The Labute approximate surface area is 144 Å². The van der Waals surface area contributed by atoms with Gasteiger partial charge in [0.05, 0.1) is 16.1 Å². The first-order valence-corrected chi connectivity index (χ1v) is 7.75. The summed E-state index contributed by atoms with van der Waals surface area (Å²) in [5.41, 5.74) is -0.396. The zero-order valence-electron chi connectivity index (χ0n) is 12.7. The van der Waals surface area contributed by atoms with Crippen LogP contribution in [0.3, 0.4) is 0 Å². The van der Waals surface area contributed by atoms with E-state index in [9.17, 15) is 26.3 Å². The number of anilines is 1. The molecule has 0 saturated heterocycles. The third-order valence-corrected chi connectivity index (χ3v) is 4.51. The highest BCUT2D eigenvalue weighted by Crippen LogP contribution is 2.39. The summed E-state index contributed by atoms with van der Waals surface area (Å²) >= 11 is 5.72. The Morgan fingerprint density at radius 3 is 2.16 bits per heavy atom. The van der Waals surface area contributed by atoms with Crippen molar-refractivity contribution in [3.05, 3.63) is 63.7 Å². The van der Waals surface area contributed by atoms with Crippen LogP contribution in [0.25, 0.3) is 0 Å². The normalized spacial score (nSPS) is 15.2. The Bertz CT molecular complexity index is 797. The van der Waals surface area contributed by atoms with E-state index in [0.29, 0.717) is 11.3 Å². The van der Waals surface area contributed by atoms with Crippen LogP contribution in [0.5, 0.6) is 0 Å². The molecule has 0 saturated carbocycles. The number of hydrogen-bond donors (Lipinski definition) is 0. The van der Waals surface area contributed by atoms with Gasteiger partial charge in [0.25, 0.3) is 0 Å². The number of nitrogens with zero attached hydrogens (tertiary/aromatic N) is 1. The first-order valence-electron chi connectivity index (χ1n) is 7.37. The van der Waals surface area contributed by atoms with Crippen LogP contribution in [0.4, 0.5) is 32.0 Å². The van der Waals surface area contributed by atoms with Crippen LogP contribution >= 0.6 is 11.6 Å². The molecule has 2 aromatic rings. The number of rotatable bonds is 1. The predicted molar refractivity (Wildman–Crippen MR) is 82.7 cm³/mol. The first kappa shape index (κ1) is 17.9. The predicted octanol–water partition coefficient (Wildman–Crippen LogP) is 5.94. The van der Waals surface area contributed by atoms with Crippen LogP contribution in [0.2, 0.25) is 5.02 Å². The molecule has 8 heteroatoms. The topological polar surface area (TPSA) is 3.24 Å². The maximum Gasteiger partial charge on any atom is 0.417 e. The molecule has 0 N–H and O–H groups in total. The SMILES string of the molecule is FC(F)(F)c1ccc(N2CCc3c(cccc3C(F)(F)F)C2)cc1Cl. The average molecular weight is 380 g/mol. The van der Waals surface area contributed by atoms with Gasteiger partial charge < -0.3 is 4.90 Å². The minimum Gasteiger partial charge on any atom is -0.367 e. The fourth-order valence-corrected chi connectivity index (χ4v) is 3.31. The summed E-state index contributed by atoms with van der Waals surface area (Å²) in [6, 6.07) is 7.35. The zero-order chi connectivity index (χ0) is 18.4. The van der Waals surface area contributed by atoms with E-state index in [1.165, 1.54) is 18.2 Å². The molecule has 2 aromatic carbocycles. The lowest BCUT2D eigenvalue weighted by atomic mass is 9.94. The van der Waals surface area contributed by atoms with Crippen molar-refractivity contribution in [2.75, 3.05) is 11.4 Å². The number of benzene rings is 2. The minimum absolute atomic E-state index is 0.156. The Morgan fingerprint density at radius 1 is 0.880 bits per heavy atom. The number of alkyl halides is 6.